The monoisotopic (exact) mass is 482 g/mol. The van der Waals surface area contributed by atoms with Gasteiger partial charge in [-0.2, -0.15) is 5.26 Å². The highest BCUT2D eigenvalue weighted by atomic mass is 16.6. The van der Waals surface area contributed by atoms with E-state index in [9.17, 15) is 19.7 Å². The molecule has 0 fully saturated rings. The SMILES string of the molecule is CC(N)=C(C#N)C(=O)COC(=O)c1c2c(nc3ccccc13)C(=Cc1cccc([N+](=O)[O-])c1)CCC2. The van der Waals surface area contributed by atoms with Crippen LogP contribution in [0.15, 0.2) is 59.8 Å². The average molecular weight is 482 g/mol. The van der Waals surface area contributed by atoms with E-state index in [1.165, 1.54) is 19.1 Å². The van der Waals surface area contributed by atoms with Crippen LogP contribution >= 0.6 is 0 Å². The van der Waals surface area contributed by atoms with E-state index in [-0.39, 0.29) is 17.0 Å². The minimum atomic E-state index is -0.693. The zero-order chi connectivity index (χ0) is 25.8. The van der Waals surface area contributed by atoms with Gasteiger partial charge in [0.05, 0.1) is 21.7 Å². The van der Waals surface area contributed by atoms with Crippen LogP contribution in [0.3, 0.4) is 0 Å². The number of allylic oxidation sites excluding steroid dienone is 2. The molecule has 2 N–H and O–H groups in total. The summed E-state index contributed by atoms with van der Waals surface area (Å²) in [6.45, 7) is 0.818. The molecule has 0 saturated carbocycles. The highest BCUT2D eigenvalue weighted by Gasteiger charge is 2.27. The van der Waals surface area contributed by atoms with Gasteiger partial charge in [0.15, 0.2) is 6.61 Å². The minimum Gasteiger partial charge on any atom is -0.454 e. The first-order valence-electron chi connectivity index (χ1n) is 11.2. The molecular formula is C27H22N4O5. The number of nitriles is 1. The number of para-hydroxylation sites is 1. The Kier molecular flexibility index (Phi) is 6.88. The standard InChI is InChI=1S/C27H22N4O5/c1-16(29)22(14-28)24(32)15-36-27(33)25-20-9-2-3-11-23(20)30-26-18(7-5-10-21(25)26)12-17-6-4-8-19(13-17)31(34)35/h2-4,6,8-9,11-13H,5,7,10,15,29H2,1H3. The number of nitrogens with two attached hydrogens (primary N) is 1. The van der Waals surface area contributed by atoms with Crippen LogP contribution in [0.5, 0.6) is 0 Å². The van der Waals surface area contributed by atoms with Crippen LogP contribution in [-0.4, -0.2) is 28.3 Å². The van der Waals surface area contributed by atoms with Gasteiger partial charge >= 0.3 is 5.97 Å². The molecule has 0 aliphatic heterocycles. The van der Waals surface area contributed by atoms with Crippen molar-refractivity contribution in [3.63, 3.8) is 0 Å². The van der Waals surface area contributed by atoms with Crippen LogP contribution in [-0.2, 0) is 16.0 Å². The van der Waals surface area contributed by atoms with Crippen LogP contribution in [0.2, 0.25) is 0 Å². The molecule has 1 heterocycles. The van der Waals surface area contributed by atoms with Gasteiger partial charge in [0.1, 0.15) is 11.6 Å². The third kappa shape index (κ3) is 4.83. The van der Waals surface area contributed by atoms with Crippen molar-refractivity contribution in [1.82, 2.24) is 4.98 Å². The average Bonchev–Trinajstić information content (AvgIpc) is 2.86. The lowest BCUT2D eigenvalue weighted by atomic mass is 9.86. The van der Waals surface area contributed by atoms with Crippen molar-refractivity contribution in [3.05, 3.63) is 92.3 Å². The Morgan fingerprint density at radius 3 is 2.72 bits per heavy atom. The number of aromatic nitrogens is 1. The predicted octanol–water partition coefficient (Wildman–Crippen LogP) is 4.50. The van der Waals surface area contributed by atoms with Crippen LogP contribution in [0, 0.1) is 21.4 Å². The Balaban J connectivity index is 1.78. The molecule has 0 saturated heterocycles. The molecule has 0 atom stereocenters. The van der Waals surface area contributed by atoms with E-state index in [1.807, 2.05) is 6.08 Å². The molecule has 9 nitrogen and oxygen atoms in total. The number of carbonyl (C=O) groups is 2. The number of hydrogen-bond donors (Lipinski definition) is 1. The third-order valence-electron chi connectivity index (χ3n) is 5.92. The Labute approximate surface area is 206 Å². The zero-order valence-electron chi connectivity index (χ0n) is 19.5. The molecule has 4 rings (SSSR count). The van der Waals surface area contributed by atoms with E-state index >= 15 is 0 Å². The van der Waals surface area contributed by atoms with Crippen molar-refractivity contribution in [1.29, 1.82) is 5.26 Å². The third-order valence-corrected chi connectivity index (χ3v) is 5.92. The normalized spacial score (nSPS) is 14.5. The molecule has 180 valence electrons. The Hall–Kier alpha value is -4.84. The Morgan fingerprint density at radius 1 is 1.22 bits per heavy atom. The molecule has 1 aliphatic rings. The second kappa shape index (κ2) is 10.2. The maximum atomic E-state index is 13.3. The number of carbonyl (C=O) groups excluding carboxylic acids is 2. The molecule has 2 aromatic carbocycles. The van der Waals surface area contributed by atoms with Crippen LogP contribution in [0.1, 0.15) is 46.9 Å². The summed E-state index contributed by atoms with van der Waals surface area (Å²) >= 11 is 0. The van der Waals surface area contributed by atoms with Gasteiger partial charge in [-0.05, 0) is 55.0 Å². The van der Waals surface area contributed by atoms with Crippen molar-refractivity contribution in [2.45, 2.75) is 26.2 Å². The fourth-order valence-electron chi connectivity index (χ4n) is 4.28. The number of fused-ring (bicyclic) bond motifs is 2. The van der Waals surface area contributed by atoms with Gasteiger partial charge < -0.3 is 10.5 Å². The van der Waals surface area contributed by atoms with Gasteiger partial charge in [-0.15, -0.1) is 0 Å². The second-order valence-corrected chi connectivity index (χ2v) is 8.38. The van der Waals surface area contributed by atoms with Gasteiger partial charge in [0, 0.05) is 23.2 Å². The van der Waals surface area contributed by atoms with Crippen molar-refractivity contribution in [2.24, 2.45) is 5.73 Å². The van der Waals surface area contributed by atoms with Gasteiger partial charge in [-0.1, -0.05) is 30.3 Å². The number of non-ortho nitro benzene ring substituents is 1. The van der Waals surface area contributed by atoms with Gasteiger partial charge in [0.25, 0.3) is 5.69 Å². The Morgan fingerprint density at radius 2 is 2.00 bits per heavy atom. The van der Waals surface area contributed by atoms with Crippen molar-refractivity contribution < 1.29 is 19.2 Å². The summed E-state index contributed by atoms with van der Waals surface area (Å²) < 4.78 is 5.34. The van der Waals surface area contributed by atoms with E-state index < -0.39 is 23.3 Å². The van der Waals surface area contributed by atoms with Gasteiger partial charge in [-0.3, -0.25) is 14.9 Å². The molecule has 0 bridgehead atoms. The molecule has 1 aliphatic carbocycles. The van der Waals surface area contributed by atoms with Crippen LogP contribution in [0.4, 0.5) is 5.69 Å². The molecule has 0 amide bonds. The largest absolute Gasteiger partial charge is 0.454 e. The molecule has 0 radical (unpaired) electrons. The highest BCUT2D eigenvalue weighted by Crippen LogP contribution is 2.36. The van der Waals surface area contributed by atoms with Crippen molar-refractivity contribution >= 4 is 40.0 Å². The molecule has 1 aromatic heterocycles. The first kappa shape index (κ1) is 24.3. The number of pyridine rings is 1. The number of nitrogens with zero attached hydrogens (tertiary/aromatic N) is 3. The topological polar surface area (TPSA) is 149 Å². The number of hydrogen-bond acceptors (Lipinski definition) is 8. The van der Waals surface area contributed by atoms with Crippen LogP contribution < -0.4 is 5.73 Å². The number of ketones is 1. The Bertz CT molecular complexity index is 1510. The molecule has 36 heavy (non-hydrogen) atoms. The summed E-state index contributed by atoms with van der Waals surface area (Å²) in [4.78, 5) is 41.2. The summed E-state index contributed by atoms with van der Waals surface area (Å²) in [5.41, 5.74) is 9.10. The van der Waals surface area contributed by atoms with Gasteiger partial charge in [0.2, 0.25) is 5.78 Å². The predicted molar refractivity (Wildman–Crippen MR) is 133 cm³/mol. The first-order valence-corrected chi connectivity index (χ1v) is 11.2. The van der Waals surface area contributed by atoms with Crippen molar-refractivity contribution in [2.75, 3.05) is 6.61 Å². The fraction of sp³-hybridized carbons (Fsp3) is 0.185. The lowest BCUT2D eigenvalue weighted by Crippen LogP contribution is -2.20. The van der Waals surface area contributed by atoms with E-state index in [1.54, 1.807) is 42.5 Å². The smallest absolute Gasteiger partial charge is 0.339 e. The molecule has 3 aromatic rings. The maximum Gasteiger partial charge on any atom is 0.339 e. The quantitative estimate of drug-likeness (QED) is 0.177. The van der Waals surface area contributed by atoms with Crippen LogP contribution in [0.25, 0.3) is 22.6 Å². The number of rotatable bonds is 6. The van der Waals surface area contributed by atoms with E-state index in [2.05, 4.69) is 0 Å². The number of esters is 1. The van der Waals surface area contributed by atoms with E-state index in [0.717, 1.165) is 12.0 Å². The first-order chi connectivity index (χ1) is 17.3. The summed E-state index contributed by atoms with van der Waals surface area (Å²) in [5, 5.41) is 20.9. The molecule has 0 unspecified atom stereocenters. The lowest BCUT2D eigenvalue weighted by molar-refractivity contribution is -0.384. The molecule has 9 heteroatoms. The number of benzene rings is 2. The maximum absolute atomic E-state index is 13.3. The highest BCUT2D eigenvalue weighted by molar-refractivity contribution is 6.08. The summed E-state index contributed by atoms with van der Waals surface area (Å²) in [7, 11) is 0. The van der Waals surface area contributed by atoms with E-state index in [4.69, 9.17) is 20.7 Å². The summed E-state index contributed by atoms with van der Waals surface area (Å²) in [6.07, 6.45) is 3.84. The van der Waals surface area contributed by atoms with E-state index in [0.29, 0.717) is 46.1 Å². The van der Waals surface area contributed by atoms with Gasteiger partial charge in [-0.25, -0.2) is 9.78 Å². The minimum absolute atomic E-state index is 0.0145. The fourth-order valence-corrected chi connectivity index (χ4v) is 4.28. The van der Waals surface area contributed by atoms with Crippen molar-refractivity contribution in [3.8, 4) is 6.07 Å². The summed E-state index contributed by atoms with van der Waals surface area (Å²) in [6, 6.07) is 15.2. The lowest BCUT2D eigenvalue weighted by Gasteiger charge is -2.22. The molecular weight excluding hydrogens is 460 g/mol. The number of nitro groups is 1. The number of Topliss-reactive ketones (excluding diaryl/α,β-unsaturated/α-hetero) is 1. The zero-order valence-corrected chi connectivity index (χ0v) is 19.5. The number of ether oxygens (including phenoxy) is 1. The summed E-state index contributed by atoms with van der Waals surface area (Å²) in [5.74, 6) is -1.37. The second-order valence-electron chi connectivity index (χ2n) is 8.38. The number of nitro benzene ring substituents is 1. The molecule has 0 spiro atoms.